The summed E-state index contributed by atoms with van der Waals surface area (Å²) in [4.78, 5) is 31.1. The third kappa shape index (κ3) is 4.40. The summed E-state index contributed by atoms with van der Waals surface area (Å²) >= 11 is 0. The van der Waals surface area contributed by atoms with Crippen LogP contribution in [0, 0.1) is 0 Å². The van der Waals surface area contributed by atoms with E-state index in [1.54, 1.807) is 23.1 Å². The molecule has 1 amide bonds. The number of ether oxygens (including phenoxy) is 1. The van der Waals surface area contributed by atoms with Crippen LogP contribution in [-0.2, 0) is 4.79 Å². The second-order valence-electron chi connectivity index (χ2n) is 7.74. The van der Waals surface area contributed by atoms with Crippen LogP contribution < -0.4 is 10.4 Å². The van der Waals surface area contributed by atoms with Crippen molar-refractivity contribution in [3.63, 3.8) is 0 Å². The van der Waals surface area contributed by atoms with E-state index in [2.05, 4.69) is 20.3 Å². The molecule has 1 saturated heterocycles. The lowest BCUT2D eigenvalue weighted by Crippen LogP contribution is -2.41. The van der Waals surface area contributed by atoms with E-state index in [1.807, 2.05) is 36.4 Å². The molecule has 1 fully saturated rings. The first-order valence-electron chi connectivity index (χ1n) is 10.7. The zero-order chi connectivity index (χ0) is 22.6. The van der Waals surface area contributed by atoms with Gasteiger partial charge in [0.05, 0.1) is 11.7 Å². The molecule has 0 radical (unpaired) electrons. The monoisotopic (exact) mass is 446 g/mol. The van der Waals surface area contributed by atoms with Crippen LogP contribution in [-0.4, -0.2) is 48.9 Å². The van der Waals surface area contributed by atoms with Gasteiger partial charge in [0.25, 0.3) is 11.8 Å². The number of rotatable bonds is 6. The molecule has 1 unspecified atom stereocenters. The third-order valence-electron chi connectivity index (χ3n) is 5.59. The van der Waals surface area contributed by atoms with Gasteiger partial charge in [-0.25, -0.2) is 14.5 Å². The minimum absolute atomic E-state index is 0.0489. The number of amides is 1. The average molecular weight is 446 g/mol. The number of aromatic amines is 1. The maximum atomic E-state index is 12.9. The number of aromatic nitrogens is 5. The van der Waals surface area contributed by atoms with Gasteiger partial charge in [-0.15, -0.1) is 0 Å². The van der Waals surface area contributed by atoms with Crippen LogP contribution in [0.25, 0.3) is 17.1 Å². The lowest BCUT2D eigenvalue weighted by Gasteiger charge is -2.33. The second kappa shape index (κ2) is 9.11. The molecule has 1 atom stereocenters. The molecule has 3 heterocycles. The molecule has 0 bridgehead atoms. The first-order valence-corrected chi connectivity index (χ1v) is 10.7. The fourth-order valence-electron chi connectivity index (χ4n) is 3.95. The predicted molar refractivity (Wildman–Crippen MR) is 118 cm³/mol. The molecule has 1 N–H and O–H groups in total. The van der Waals surface area contributed by atoms with Crippen molar-refractivity contribution in [2.75, 3.05) is 13.2 Å². The van der Waals surface area contributed by atoms with Crippen molar-refractivity contribution in [1.82, 2.24) is 29.8 Å². The highest BCUT2D eigenvalue weighted by Gasteiger charge is 2.32. The molecular weight excluding hydrogens is 424 g/mol. The molecule has 0 saturated carbocycles. The highest BCUT2D eigenvalue weighted by atomic mass is 16.5. The van der Waals surface area contributed by atoms with E-state index in [4.69, 9.17) is 9.26 Å². The fourth-order valence-corrected chi connectivity index (χ4v) is 3.95. The van der Waals surface area contributed by atoms with Gasteiger partial charge in [-0.2, -0.15) is 10.1 Å². The Balaban J connectivity index is 1.34. The van der Waals surface area contributed by atoms with Gasteiger partial charge in [-0.3, -0.25) is 4.79 Å². The van der Waals surface area contributed by atoms with E-state index < -0.39 is 0 Å². The number of hydrogen-bond acceptors (Lipinski definition) is 7. The Bertz CT molecular complexity index is 1300. The van der Waals surface area contributed by atoms with Gasteiger partial charge in [0.2, 0.25) is 0 Å². The van der Waals surface area contributed by atoms with Crippen LogP contribution in [0.3, 0.4) is 0 Å². The smallest absolute Gasteiger partial charge is 0.347 e. The maximum absolute atomic E-state index is 12.9. The SMILES string of the molecule is O=C(COc1ccccc1)N1CCCCC1c1noc(-c2cccc(-n3cn[nH]c3=O)c2)n1. The summed E-state index contributed by atoms with van der Waals surface area (Å²) < 4.78 is 12.6. The molecule has 2 aromatic heterocycles. The van der Waals surface area contributed by atoms with Crippen LogP contribution in [0.15, 0.2) is 70.2 Å². The van der Waals surface area contributed by atoms with Crippen molar-refractivity contribution >= 4 is 5.91 Å². The van der Waals surface area contributed by atoms with Crippen LogP contribution in [0.2, 0.25) is 0 Å². The molecule has 0 aliphatic carbocycles. The summed E-state index contributed by atoms with van der Waals surface area (Å²) in [6, 6.07) is 16.2. The van der Waals surface area contributed by atoms with Gasteiger partial charge in [0, 0.05) is 12.1 Å². The molecule has 1 aliphatic rings. The lowest BCUT2D eigenvalue weighted by atomic mass is 10.0. The Labute approximate surface area is 188 Å². The number of carbonyl (C=O) groups excluding carboxylic acids is 1. The Hall–Kier alpha value is -4.21. The van der Waals surface area contributed by atoms with E-state index in [9.17, 15) is 9.59 Å². The number of H-pyrrole nitrogens is 1. The van der Waals surface area contributed by atoms with Crippen molar-refractivity contribution in [3.8, 4) is 22.9 Å². The van der Waals surface area contributed by atoms with Gasteiger partial charge in [-0.05, 0) is 49.6 Å². The summed E-state index contributed by atoms with van der Waals surface area (Å²) in [6.07, 6.45) is 4.04. The molecule has 5 rings (SSSR count). The quantitative estimate of drug-likeness (QED) is 0.484. The van der Waals surface area contributed by atoms with E-state index >= 15 is 0 Å². The number of para-hydroxylation sites is 1. The Morgan fingerprint density at radius 2 is 2.03 bits per heavy atom. The Kier molecular flexibility index (Phi) is 5.71. The van der Waals surface area contributed by atoms with Crippen LogP contribution in [0.1, 0.15) is 31.1 Å². The van der Waals surface area contributed by atoms with Crippen LogP contribution >= 0.6 is 0 Å². The summed E-state index contributed by atoms with van der Waals surface area (Å²) in [5, 5.41) is 10.3. The number of nitrogens with zero attached hydrogens (tertiary/aromatic N) is 5. The van der Waals surface area contributed by atoms with Crippen LogP contribution in [0.5, 0.6) is 5.75 Å². The van der Waals surface area contributed by atoms with E-state index in [0.29, 0.717) is 35.3 Å². The minimum Gasteiger partial charge on any atom is -0.484 e. The van der Waals surface area contributed by atoms with Gasteiger partial charge in [0.15, 0.2) is 12.4 Å². The number of nitrogens with one attached hydrogen (secondary N) is 1. The minimum atomic E-state index is -0.340. The largest absolute Gasteiger partial charge is 0.484 e. The first-order chi connectivity index (χ1) is 16.2. The van der Waals surface area contributed by atoms with Gasteiger partial charge in [-0.1, -0.05) is 29.4 Å². The number of carbonyl (C=O) groups is 1. The van der Waals surface area contributed by atoms with Gasteiger partial charge >= 0.3 is 5.69 Å². The number of piperidine rings is 1. The maximum Gasteiger partial charge on any atom is 0.347 e. The zero-order valence-corrected chi connectivity index (χ0v) is 17.8. The molecule has 1 aliphatic heterocycles. The standard InChI is InChI=1S/C23H22N6O4/c30-20(14-32-18-9-2-1-3-10-18)28-12-5-4-11-19(28)21-25-22(33-27-21)16-7-6-8-17(13-16)29-15-24-26-23(29)31/h1-3,6-10,13,15,19H,4-5,11-12,14H2,(H,26,31). The molecule has 168 valence electrons. The fraction of sp³-hybridized carbons (Fsp3) is 0.261. The van der Waals surface area contributed by atoms with Crippen molar-refractivity contribution < 1.29 is 14.1 Å². The molecule has 33 heavy (non-hydrogen) atoms. The van der Waals surface area contributed by atoms with E-state index in [0.717, 1.165) is 19.3 Å². The Morgan fingerprint density at radius 1 is 1.15 bits per heavy atom. The lowest BCUT2D eigenvalue weighted by molar-refractivity contribution is -0.137. The van der Waals surface area contributed by atoms with Crippen molar-refractivity contribution in [2.24, 2.45) is 0 Å². The molecule has 10 nitrogen and oxygen atoms in total. The highest BCUT2D eigenvalue weighted by molar-refractivity contribution is 5.78. The number of benzene rings is 2. The summed E-state index contributed by atoms with van der Waals surface area (Å²) in [6.45, 7) is 0.567. The predicted octanol–water partition coefficient (Wildman–Crippen LogP) is 2.74. The van der Waals surface area contributed by atoms with Crippen LogP contribution in [0.4, 0.5) is 0 Å². The summed E-state index contributed by atoms with van der Waals surface area (Å²) in [5.41, 5.74) is 0.950. The molecule has 4 aromatic rings. The number of likely N-dealkylation sites (tertiary alicyclic amines) is 1. The molecular formula is C23H22N6O4. The topological polar surface area (TPSA) is 119 Å². The Morgan fingerprint density at radius 3 is 2.85 bits per heavy atom. The van der Waals surface area contributed by atoms with Gasteiger partial charge in [0.1, 0.15) is 12.1 Å². The molecule has 2 aromatic carbocycles. The average Bonchev–Trinajstić information content (AvgIpc) is 3.53. The normalized spacial score (nSPS) is 16.0. The molecule has 0 spiro atoms. The third-order valence-corrected chi connectivity index (χ3v) is 5.59. The van der Waals surface area contributed by atoms with Crippen molar-refractivity contribution in [2.45, 2.75) is 25.3 Å². The zero-order valence-electron chi connectivity index (χ0n) is 17.8. The first kappa shape index (κ1) is 20.7. The van der Waals surface area contributed by atoms with Crippen molar-refractivity contribution in [3.05, 3.63) is 77.2 Å². The summed E-state index contributed by atoms with van der Waals surface area (Å²) in [5.74, 6) is 1.32. The summed E-state index contributed by atoms with van der Waals surface area (Å²) in [7, 11) is 0. The highest BCUT2D eigenvalue weighted by Crippen LogP contribution is 2.31. The van der Waals surface area contributed by atoms with E-state index in [-0.39, 0.29) is 24.2 Å². The number of hydrogen-bond donors (Lipinski definition) is 1. The van der Waals surface area contributed by atoms with Gasteiger partial charge < -0.3 is 14.2 Å². The molecule has 10 heteroatoms. The second-order valence-corrected chi connectivity index (χ2v) is 7.74. The van der Waals surface area contributed by atoms with Crippen molar-refractivity contribution in [1.29, 1.82) is 0 Å². The van der Waals surface area contributed by atoms with E-state index in [1.165, 1.54) is 10.9 Å².